The van der Waals surface area contributed by atoms with Crippen molar-refractivity contribution in [2.24, 2.45) is 4.99 Å². The maximum absolute atomic E-state index is 13.3. The zero-order chi connectivity index (χ0) is 22.1. The largest absolute Gasteiger partial charge is 0.493 e. The molecule has 3 rings (SSSR count). The average Bonchev–Trinajstić information content (AvgIpc) is 2.71. The van der Waals surface area contributed by atoms with Gasteiger partial charge in [0.2, 0.25) is 5.75 Å². The molecule has 30 heavy (non-hydrogen) atoms. The van der Waals surface area contributed by atoms with Crippen molar-refractivity contribution in [1.29, 1.82) is 0 Å². The molecule has 0 spiro atoms. The predicted molar refractivity (Wildman–Crippen MR) is 98.3 cm³/mol. The smallest absolute Gasteiger partial charge is 0.434 e. The normalized spacial score (nSPS) is 14.1. The number of rotatable bonds is 5. The lowest BCUT2D eigenvalue weighted by molar-refractivity contribution is -0.385. The molecular formula is C18H13F3N4O5. The van der Waals surface area contributed by atoms with Gasteiger partial charge < -0.3 is 9.47 Å². The molecule has 156 valence electrons. The molecule has 1 aliphatic rings. The van der Waals surface area contributed by atoms with Crippen LogP contribution in [-0.4, -0.2) is 47.3 Å². The SMILES string of the molecule is COc1cc(-c2ccnc(C3=C(C(F)(F)F)N=CCC3=O)n2)cc([N+](=O)[O-])c1OC. The number of carbonyl (C=O) groups is 1. The lowest BCUT2D eigenvalue weighted by Gasteiger charge is -2.16. The number of methoxy groups -OCH3 is 2. The first-order valence-electron chi connectivity index (χ1n) is 8.28. The van der Waals surface area contributed by atoms with Crippen molar-refractivity contribution in [3.05, 3.63) is 46.0 Å². The minimum Gasteiger partial charge on any atom is -0.493 e. The summed E-state index contributed by atoms with van der Waals surface area (Å²) in [5.41, 5.74) is -2.39. The van der Waals surface area contributed by atoms with Crippen LogP contribution >= 0.6 is 0 Å². The maximum atomic E-state index is 13.3. The number of aromatic nitrogens is 2. The highest BCUT2D eigenvalue weighted by Crippen LogP contribution is 2.41. The van der Waals surface area contributed by atoms with Crippen LogP contribution in [0.1, 0.15) is 12.2 Å². The van der Waals surface area contributed by atoms with E-state index in [0.29, 0.717) is 0 Å². The fourth-order valence-corrected chi connectivity index (χ4v) is 2.83. The minimum atomic E-state index is -4.89. The number of alkyl halides is 3. The van der Waals surface area contributed by atoms with Crippen LogP contribution in [0, 0.1) is 10.1 Å². The Morgan fingerprint density at radius 1 is 1.20 bits per heavy atom. The molecule has 0 saturated heterocycles. The monoisotopic (exact) mass is 422 g/mol. The number of carbonyl (C=O) groups excluding carboxylic acids is 1. The second-order valence-electron chi connectivity index (χ2n) is 5.91. The molecule has 0 amide bonds. The van der Waals surface area contributed by atoms with Crippen molar-refractivity contribution in [2.45, 2.75) is 12.6 Å². The Balaban J connectivity index is 2.21. The Hall–Kier alpha value is -3.83. The third-order valence-corrected chi connectivity index (χ3v) is 4.11. The molecule has 0 atom stereocenters. The van der Waals surface area contributed by atoms with Gasteiger partial charge in [0.25, 0.3) is 0 Å². The highest BCUT2D eigenvalue weighted by Gasteiger charge is 2.41. The van der Waals surface area contributed by atoms with E-state index in [0.717, 1.165) is 18.5 Å². The van der Waals surface area contributed by atoms with E-state index in [-0.39, 0.29) is 29.2 Å². The molecule has 0 fully saturated rings. The Labute approximate surface area is 167 Å². The van der Waals surface area contributed by atoms with Gasteiger partial charge in [0.05, 0.1) is 30.4 Å². The van der Waals surface area contributed by atoms with Crippen LogP contribution in [-0.2, 0) is 4.79 Å². The van der Waals surface area contributed by atoms with E-state index in [2.05, 4.69) is 15.0 Å². The van der Waals surface area contributed by atoms with Crippen molar-refractivity contribution in [3.63, 3.8) is 0 Å². The molecule has 0 bridgehead atoms. The number of ketones is 1. The van der Waals surface area contributed by atoms with Crippen LogP contribution in [0.4, 0.5) is 18.9 Å². The Bertz CT molecular complexity index is 1100. The molecule has 2 heterocycles. The lowest BCUT2D eigenvalue weighted by Crippen LogP contribution is -2.21. The first-order chi connectivity index (χ1) is 14.2. The average molecular weight is 422 g/mol. The van der Waals surface area contributed by atoms with E-state index < -0.39 is 39.7 Å². The topological polar surface area (TPSA) is 117 Å². The van der Waals surface area contributed by atoms with Gasteiger partial charge in [-0.05, 0) is 12.1 Å². The highest BCUT2D eigenvalue weighted by molar-refractivity contribution is 6.25. The number of nitrogens with zero attached hydrogens (tertiary/aromatic N) is 4. The zero-order valence-corrected chi connectivity index (χ0v) is 15.6. The van der Waals surface area contributed by atoms with E-state index in [9.17, 15) is 28.1 Å². The van der Waals surface area contributed by atoms with Gasteiger partial charge in [-0.15, -0.1) is 0 Å². The van der Waals surface area contributed by atoms with E-state index in [1.54, 1.807) is 0 Å². The summed E-state index contributed by atoms with van der Waals surface area (Å²) in [7, 11) is 2.50. The number of aliphatic imine (C=N–C) groups is 1. The third-order valence-electron chi connectivity index (χ3n) is 4.11. The van der Waals surface area contributed by atoms with Gasteiger partial charge in [-0.25, -0.2) is 9.97 Å². The van der Waals surface area contributed by atoms with Crippen molar-refractivity contribution >= 4 is 23.3 Å². The third kappa shape index (κ3) is 3.83. The summed E-state index contributed by atoms with van der Waals surface area (Å²) in [6.45, 7) is 0. The molecule has 9 nitrogen and oxygen atoms in total. The number of halogens is 3. The quantitative estimate of drug-likeness (QED) is 0.536. The number of hydrogen-bond acceptors (Lipinski definition) is 8. The van der Waals surface area contributed by atoms with Gasteiger partial charge in [-0.1, -0.05) is 0 Å². The van der Waals surface area contributed by atoms with Crippen LogP contribution in [0.25, 0.3) is 16.8 Å². The van der Waals surface area contributed by atoms with Gasteiger partial charge in [0.1, 0.15) is 0 Å². The van der Waals surface area contributed by atoms with Crippen LogP contribution in [0.15, 0.2) is 35.1 Å². The Morgan fingerprint density at radius 3 is 2.53 bits per heavy atom. The maximum Gasteiger partial charge on any atom is 0.434 e. The number of hydrogen-bond donors (Lipinski definition) is 0. The number of nitro benzene ring substituents is 1. The zero-order valence-electron chi connectivity index (χ0n) is 15.6. The summed E-state index contributed by atoms with van der Waals surface area (Å²) >= 11 is 0. The molecular weight excluding hydrogens is 409 g/mol. The summed E-state index contributed by atoms with van der Waals surface area (Å²) < 4.78 is 50.1. The minimum absolute atomic E-state index is 0.0235. The predicted octanol–water partition coefficient (Wildman–Crippen LogP) is 3.39. The van der Waals surface area contributed by atoms with Gasteiger partial charge >= 0.3 is 11.9 Å². The second-order valence-corrected chi connectivity index (χ2v) is 5.91. The van der Waals surface area contributed by atoms with Crippen molar-refractivity contribution < 1.29 is 32.4 Å². The second kappa shape index (κ2) is 7.89. The molecule has 1 aromatic heterocycles. The van der Waals surface area contributed by atoms with Gasteiger partial charge in [0.15, 0.2) is 23.1 Å². The van der Waals surface area contributed by atoms with E-state index in [1.807, 2.05) is 0 Å². The summed E-state index contributed by atoms with van der Waals surface area (Å²) in [5, 5.41) is 11.4. The van der Waals surface area contributed by atoms with Gasteiger partial charge in [0, 0.05) is 30.5 Å². The molecule has 0 N–H and O–H groups in total. The molecule has 0 aliphatic carbocycles. The van der Waals surface area contributed by atoms with Crippen molar-refractivity contribution in [1.82, 2.24) is 9.97 Å². The van der Waals surface area contributed by atoms with Gasteiger partial charge in [-0.3, -0.25) is 19.9 Å². The molecule has 2 aromatic rings. The van der Waals surface area contributed by atoms with E-state index >= 15 is 0 Å². The highest BCUT2D eigenvalue weighted by atomic mass is 19.4. The molecule has 0 unspecified atom stereocenters. The molecule has 0 radical (unpaired) electrons. The standard InChI is InChI=1S/C18H13F3N4O5/c1-29-13-8-9(7-11(25(27)28)15(13)30-2)10-3-5-23-17(24-10)14-12(26)4-6-22-16(14)18(19,20)21/h3,5-8H,4H2,1-2H3. The van der Waals surface area contributed by atoms with E-state index in [1.165, 1.54) is 26.4 Å². The molecule has 1 aromatic carbocycles. The van der Waals surface area contributed by atoms with Gasteiger partial charge in [-0.2, -0.15) is 13.2 Å². The molecule has 12 heteroatoms. The number of allylic oxidation sites excluding steroid dienone is 2. The Morgan fingerprint density at radius 2 is 1.93 bits per heavy atom. The van der Waals surface area contributed by atoms with Crippen LogP contribution in [0.2, 0.25) is 0 Å². The fraction of sp³-hybridized carbons (Fsp3) is 0.222. The summed E-state index contributed by atoms with van der Waals surface area (Å²) in [6, 6.07) is 3.84. The fourth-order valence-electron chi connectivity index (χ4n) is 2.83. The van der Waals surface area contributed by atoms with Crippen LogP contribution in [0.5, 0.6) is 11.5 Å². The van der Waals surface area contributed by atoms with Crippen LogP contribution < -0.4 is 9.47 Å². The number of Topliss-reactive ketones (excluding diaryl/α,β-unsaturated/α-hetero) is 1. The summed E-state index contributed by atoms with van der Waals surface area (Å²) in [6.07, 6.45) is -3.20. The lowest BCUT2D eigenvalue weighted by atomic mass is 10.0. The first kappa shape index (κ1) is 20.9. The summed E-state index contributed by atoms with van der Waals surface area (Å²) in [4.78, 5) is 34.0. The van der Waals surface area contributed by atoms with Crippen molar-refractivity contribution in [2.75, 3.05) is 14.2 Å². The molecule has 0 saturated carbocycles. The Kier molecular flexibility index (Phi) is 5.49. The van der Waals surface area contributed by atoms with Crippen molar-refractivity contribution in [3.8, 4) is 22.8 Å². The number of ether oxygens (including phenoxy) is 2. The number of nitro groups is 1. The first-order valence-corrected chi connectivity index (χ1v) is 8.28. The van der Waals surface area contributed by atoms with E-state index in [4.69, 9.17) is 9.47 Å². The molecule has 1 aliphatic heterocycles. The summed E-state index contributed by atoms with van der Waals surface area (Å²) in [5.74, 6) is -1.43. The van der Waals surface area contributed by atoms with Crippen LogP contribution in [0.3, 0.4) is 0 Å². The number of benzene rings is 1.